The molecule has 0 N–H and O–H groups in total. The summed E-state index contributed by atoms with van der Waals surface area (Å²) in [7, 11) is 0. The third kappa shape index (κ3) is 3.24. The van der Waals surface area contributed by atoms with E-state index in [-0.39, 0.29) is 11.3 Å². The van der Waals surface area contributed by atoms with E-state index in [0.717, 1.165) is 18.7 Å². The molecule has 0 aliphatic carbocycles. The van der Waals surface area contributed by atoms with Crippen molar-refractivity contribution in [1.82, 2.24) is 4.90 Å². The fourth-order valence-electron chi connectivity index (χ4n) is 2.83. The number of carbonyl (C=O) groups excluding carboxylic acids is 1. The normalized spacial score (nSPS) is 18.1. The number of hydrogen-bond donors (Lipinski definition) is 0. The van der Waals surface area contributed by atoms with E-state index in [4.69, 9.17) is 0 Å². The largest absolute Gasteiger partial charge is 0.292 e. The lowest BCUT2D eigenvalue weighted by Crippen LogP contribution is -2.50. The summed E-state index contributed by atoms with van der Waals surface area (Å²) in [6, 6.07) is 7.95. The second-order valence-corrected chi connectivity index (χ2v) is 6.16. The third-order valence-corrected chi connectivity index (χ3v) is 4.27. The molecule has 1 fully saturated rings. The van der Waals surface area contributed by atoms with Gasteiger partial charge in [-0.3, -0.25) is 9.69 Å². The SMILES string of the molecule is Cc1ccc(C(=O)C(C)(C)N2CCCCCC2)cc1. The quantitative estimate of drug-likeness (QED) is 0.769. The minimum Gasteiger partial charge on any atom is -0.292 e. The Labute approximate surface area is 116 Å². The van der Waals surface area contributed by atoms with Crippen LogP contribution in [0.2, 0.25) is 0 Å². The van der Waals surface area contributed by atoms with E-state index < -0.39 is 0 Å². The van der Waals surface area contributed by atoms with Crippen LogP contribution in [0.3, 0.4) is 0 Å². The summed E-state index contributed by atoms with van der Waals surface area (Å²) >= 11 is 0. The van der Waals surface area contributed by atoms with Crippen LogP contribution in [0.5, 0.6) is 0 Å². The van der Waals surface area contributed by atoms with Gasteiger partial charge < -0.3 is 0 Å². The minimum atomic E-state index is -0.389. The van der Waals surface area contributed by atoms with Crippen LogP contribution >= 0.6 is 0 Å². The van der Waals surface area contributed by atoms with Gasteiger partial charge in [0.2, 0.25) is 0 Å². The van der Waals surface area contributed by atoms with Crippen LogP contribution in [0.4, 0.5) is 0 Å². The van der Waals surface area contributed by atoms with Gasteiger partial charge in [-0.05, 0) is 46.7 Å². The Morgan fingerprint density at radius 1 is 1.00 bits per heavy atom. The highest BCUT2D eigenvalue weighted by Crippen LogP contribution is 2.24. The number of aryl methyl sites for hydroxylation is 1. The monoisotopic (exact) mass is 259 g/mol. The Morgan fingerprint density at radius 3 is 2.05 bits per heavy atom. The molecule has 2 nitrogen and oxygen atoms in total. The first-order chi connectivity index (χ1) is 9.01. The lowest BCUT2D eigenvalue weighted by Gasteiger charge is -2.36. The van der Waals surface area contributed by atoms with Crippen molar-refractivity contribution in [2.24, 2.45) is 0 Å². The second kappa shape index (κ2) is 5.87. The first-order valence-corrected chi connectivity index (χ1v) is 7.38. The molecular weight excluding hydrogens is 234 g/mol. The van der Waals surface area contributed by atoms with Crippen molar-refractivity contribution in [1.29, 1.82) is 0 Å². The van der Waals surface area contributed by atoms with Gasteiger partial charge in [0.05, 0.1) is 5.54 Å². The van der Waals surface area contributed by atoms with Crippen LogP contribution in [0.25, 0.3) is 0 Å². The Balaban J connectivity index is 2.17. The standard InChI is InChI=1S/C17H25NO/c1-14-8-10-15(11-9-14)16(19)17(2,3)18-12-6-4-5-7-13-18/h8-11H,4-7,12-13H2,1-3H3. The number of Topliss-reactive ketones (excluding diaryl/α,β-unsaturated/α-hetero) is 1. The van der Waals surface area contributed by atoms with Crippen molar-refractivity contribution < 1.29 is 4.79 Å². The number of nitrogens with zero attached hydrogens (tertiary/aromatic N) is 1. The minimum absolute atomic E-state index is 0.245. The highest BCUT2D eigenvalue weighted by molar-refractivity contribution is 6.02. The number of hydrogen-bond acceptors (Lipinski definition) is 2. The van der Waals surface area contributed by atoms with Crippen molar-refractivity contribution in [2.45, 2.75) is 52.0 Å². The van der Waals surface area contributed by atoms with Crippen molar-refractivity contribution >= 4 is 5.78 Å². The lowest BCUT2D eigenvalue weighted by atomic mass is 9.90. The van der Waals surface area contributed by atoms with E-state index in [2.05, 4.69) is 18.7 Å². The van der Waals surface area contributed by atoms with Crippen LogP contribution in [-0.2, 0) is 0 Å². The molecule has 1 aliphatic heterocycles. The summed E-state index contributed by atoms with van der Waals surface area (Å²) in [4.78, 5) is 15.1. The fourth-order valence-corrected chi connectivity index (χ4v) is 2.83. The molecule has 0 atom stereocenters. The summed E-state index contributed by atoms with van der Waals surface area (Å²) < 4.78 is 0. The van der Waals surface area contributed by atoms with Gasteiger partial charge in [-0.2, -0.15) is 0 Å². The van der Waals surface area contributed by atoms with E-state index >= 15 is 0 Å². The highest BCUT2D eigenvalue weighted by atomic mass is 16.1. The Hall–Kier alpha value is -1.15. The summed E-state index contributed by atoms with van der Waals surface area (Å²) in [5.74, 6) is 0.245. The predicted octanol–water partition coefficient (Wildman–Crippen LogP) is 3.83. The van der Waals surface area contributed by atoms with Crippen LogP contribution in [0.15, 0.2) is 24.3 Å². The molecule has 0 unspecified atom stereocenters. The molecular formula is C17H25NO. The van der Waals surface area contributed by atoms with Crippen molar-refractivity contribution in [3.63, 3.8) is 0 Å². The van der Waals surface area contributed by atoms with E-state index in [0.29, 0.717) is 0 Å². The van der Waals surface area contributed by atoms with E-state index in [1.54, 1.807) is 0 Å². The molecule has 0 saturated carbocycles. The number of rotatable bonds is 3. The van der Waals surface area contributed by atoms with Crippen LogP contribution in [-0.4, -0.2) is 29.3 Å². The summed E-state index contributed by atoms with van der Waals surface area (Å²) in [6.07, 6.45) is 5.02. The number of ketones is 1. The Kier molecular flexibility index (Phi) is 4.41. The molecule has 19 heavy (non-hydrogen) atoms. The average molecular weight is 259 g/mol. The van der Waals surface area contributed by atoms with Crippen LogP contribution in [0.1, 0.15) is 55.5 Å². The maximum absolute atomic E-state index is 12.7. The van der Waals surface area contributed by atoms with Crippen molar-refractivity contribution in [3.05, 3.63) is 35.4 Å². The maximum atomic E-state index is 12.7. The summed E-state index contributed by atoms with van der Waals surface area (Å²) in [5, 5.41) is 0. The lowest BCUT2D eigenvalue weighted by molar-refractivity contribution is 0.0649. The molecule has 2 heteroatoms. The molecule has 2 rings (SSSR count). The fraction of sp³-hybridized carbons (Fsp3) is 0.588. The van der Waals surface area contributed by atoms with Gasteiger partial charge in [-0.1, -0.05) is 42.7 Å². The van der Waals surface area contributed by atoms with Gasteiger partial charge in [0.1, 0.15) is 0 Å². The zero-order valence-corrected chi connectivity index (χ0v) is 12.4. The predicted molar refractivity (Wildman–Crippen MR) is 79.6 cm³/mol. The average Bonchev–Trinajstić information content (AvgIpc) is 2.68. The topological polar surface area (TPSA) is 20.3 Å². The summed E-state index contributed by atoms with van der Waals surface area (Å²) in [5.41, 5.74) is 1.64. The van der Waals surface area contributed by atoms with Crippen molar-refractivity contribution in [3.8, 4) is 0 Å². The van der Waals surface area contributed by atoms with Crippen LogP contribution < -0.4 is 0 Å². The second-order valence-electron chi connectivity index (χ2n) is 6.16. The molecule has 0 spiro atoms. The molecule has 0 amide bonds. The van der Waals surface area contributed by atoms with E-state index in [1.807, 2.05) is 31.2 Å². The Morgan fingerprint density at radius 2 is 1.53 bits per heavy atom. The van der Waals surface area contributed by atoms with E-state index in [9.17, 15) is 4.79 Å². The first kappa shape index (κ1) is 14.3. The molecule has 1 saturated heterocycles. The van der Waals surface area contributed by atoms with E-state index in [1.165, 1.54) is 31.2 Å². The molecule has 0 radical (unpaired) electrons. The van der Waals surface area contributed by atoms with Gasteiger partial charge >= 0.3 is 0 Å². The molecule has 0 bridgehead atoms. The zero-order valence-electron chi connectivity index (χ0n) is 12.4. The molecule has 1 heterocycles. The smallest absolute Gasteiger partial charge is 0.182 e. The molecule has 1 aromatic rings. The molecule has 1 aliphatic rings. The number of carbonyl (C=O) groups is 1. The maximum Gasteiger partial charge on any atom is 0.182 e. The Bertz CT molecular complexity index is 425. The molecule has 0 aromatic heterocycles. The van der Waals surface area contributed by atoms with Crippen LogP contribution in [0, 0.1) is 6.92 Å². The summed E-state index contributed by atoms with van der Waals surface area (Å²) in [6.45, 7) is 8.28. The number of benzene rings is 1. The van der Waals surface area contributed by atoms with Gasteiger partial charge in [-0.25, -0.2) is 0 Å². The zero-order chi connectivity index (χ0) is 13.9. The van der Waals surface area contributed by atoms with Gasteiger partial charge in [0, 0.05) is 5.56 Å². The van der Waals surface area contributed by atoms with Gasteiger partial charge in [0.15, 0.2) is 5.78 Å². The number of likely N-dealkylation sites (tertiary alicyclic amines) is 1. The van der Waals surface area contributed by atoms with Crippen molar-refractivity contribution in [2.75, 3.05) is 13.1 Å². The van der Waals surface area contributed by atoms with Gasteiger partial charge in [0.25, 0.3) is 0 Å². The third-order valence-electron chi connectivity index (χ3n) is 4.27. The molecule has 1 aromatic carbocycles. The highest BCUT2D eigenvalue weighted by Gasteiger charge is 2.34. The first-order valence-electron chi connectivity index (χ1n) is 7.38. The van der Waals surface area contributed by atoms with Gasteiger partial charge in [-0.15, -0.1) is 0 Å². The molecule has 104 valence electrons.